The molecule has 0 aliphatic heterocycles. The maximum atomic E-state index is 12.9. The third-order valence-electron chi connectivity index (χ3n) is 5.21. The van der Waals surface area contributed by atoms with E-state index in [0.29, 0.717) is 33.1 Å². The normalized spacial score (nSPS) is 12.3. The standard InChI is InChI=1S/C24H19N3O4S/c1-13(32-24-26-17-9-5-3-8-15(17)23(29)27-24)22(28)25-18-12-20-16(11-21(18)30-2)14-7-4-6-10-19(14)31-20/h3-13H,1-2H3,(H,25,28)(H,26,27,29). The van der Waals surface area contributed by atoms with Crippen molar-refractivity contribution in [2.45, 2.75) is 17.3 Å². The summed E-state index contributed by atoms with van der Waals surface area (Å²) in [6.07, 6.45) is 0. The molecule has 1 amide bonds. The Balaban J connectivity index is 1.41. The van der Waals surface area contributed by atoms with Crippen molar-refractivity contribution >= 4 is 56.2 Å². The molecule has 0 fully saturated rings. The maximum Gasteiger partial charge on any atom is 0.259 e. The fourth-order valence-corrected chi connectivity index (χ4v) is 4.40. The van der Waals surface area contributed by atoms with Crippen LogP contribution in [0.1, 0.15) is 6.92 Å². The van der Waals surface area contributed by atoms with E-state index in [0.717, 1.165) is 16.4 Å². The first-order chi connectivity index (χ1) is 15.5. The number of benzene rings is 3. The van der Waals surface area contributed by atoms with Crippen LogP contribution in [-0.4, -0.2) is 28.2 Å². The summed E-state index contributed by atoms with van der Waals surface area (Å²) in [6.45, 7) is 1.75. The topological polar surface area (TPSA) is 97.2 Å². The van der Waals surface area contributed by atoms with E-state index in [2.05, 4.69) is 15.3 Å². The lowest BCUT2D eigenvalue weighted by molar-refractivity contribution is -0.115. The van der Waals surface area contributed by atoms with E-state index in [1.165, 1.54) is 11.8 Å². The van der Waals surface area contributed by atoms with Gasteiger partial charge in [0, 0.05) is 16.8 Å². The smallest absolute Gasteiger partial charge is 0.259 e. The summed E-state index contributed by atoms with van der Waals surface area (Å²) in [7, 11) is 1.56. The third-order valence-corrected chi connectivity index (χ3v) is 6.19. The third kappa shape index (κ3) is 3.58. The molecular weight excluding hydrogens is 426 g/mol. The number of nitrogens with zero attached hydrogens (tertiary/aromatic N) is 1. The van der Waals surface area contributed by atoms with Crippen molar-refractivity contribution in [3.05, 3.63) is 71.0 Å². The summed E-state index contributed by atoms with van der Waals surface area (Å²) in [5.74, 6) is 0.284. The number of aromatic amines is 1. The van der Waals surface area contributed by atoms with Gasteiger partial charge in [0.15, 0.2) is 5.16 Å². The van der Waals surface area contributed by atoms with Gasteiger partial charge in [0.25, 0.3) is 5.56 Å². The van der Waals surface area contributed by atoms with E-state index in [9.17, 15) is 9.59 Å². The molecule has 1 unspecified atom stereocenters. The first-order valence-corrected chi connectivity index (χ1v) is 10.9. The second-order valence-corrected chi connectivity index (χ2v) is 8.61. The molecule has 2 N–H and O–H groups in total. The number of para-hydroxylation sites is 2. The van der Waals surface area contributed by atoms with Gasteiger partial charge in [-0.3, -0.25) is 9.59 Å². The van der Waals surface area contributed by atoms with E-state index in [4.69, 9.17) is 9.15 Å². The predicted octanol–water partition coefficient (Wildman–Crippen LogP) is 4.95. The van der Waals surface area contributed by atoms with Crippen molar-refractivity contribution < 1.29 is 13.9 Å². The van der Waals surface area contributed by atoms with Crippen LogP contribution in [0.2, 0.25) is 0 Å². The van der Waals surface area contributed by atoms with Crippen molar-refractivity contribution in [2.75, 3.05) is 12.4 Å². The highest BCUT2D eigenvalue weighted by atomic mass is 32.2. The van der Waals surface area contributed by atoms with Crippen LogP contribution in [0.15, 0.2) is 75.0 Å². The summed E-state index contributed by atoms with van der Waals surface area (Å²) < 4.78 is 11.4. The number of amides is 1. The number of aromatic nitrogens is 2. The Morgan fingerprint density at radius 2 is 1.81 bits per heavy atom. The minimum absolute atomic E-state index is 0.234. The molecule has 1 atom stereocenters. The highest BCUT2D eigenvalue weighted by molar-refractivity contribution is 8.00. The number of hydrogen-bond acceptors (Lipinski definition) is 6. The van der Waals surface area contributed by atoms with Gasteiger partial charge in [0.1, 0.15) is 16.9 Å². The minimum Gasteiger partial charge on any atom is -0.495 e. The number of carbonyl (C=O) groups is 1. The molecule has 0 aliphatic rings. The van der Waals surface area contributed by atoms with Crippen molar-refractivity contribution in [1.82, 2.24) is 9.97 Å². The average Bonchev–Trinajstić information content (AvgIpc) is 3.15. The molecule has 2 aromatic heterocycles. The maximum absolute atomic E-state index is 12.9. The summed E-state index contributed by atoms with van der Waals surface area (Å²) in [6, 6.07) is 18.5. The number of thioether (sulfide) groups is 1. The number of fused-ring (bicyclic) bond motifs is 4. The lowest BCUT2D eigenvalue weighted by Crippen LogP contribution is -2.23. The van der Waals surface area contributed by atoms with E-state index in [1.54, 1.807) is 38.3 Å². The molecular formula is C24H19N3O4S. The zero-order valence-corrected chi connectivity index (χ0v) is 18.2. The van der Waals surface area contributed by atoms with Gasteiger partial charge in [-0.15, -0.1) is 0 Å². The summed E-state index contributed by atoms with van der Waals surface area (Å²) >= 11 is 1.18. The molecule has 0 saturated heterocycles. The van der Waals surface area contributed by atoms with Gasteiger partial charge in [-0.2, -0.15) is 0 Å². The van der Waals surface area contributed by atoms with Crippen LogP contribution in [0, 0.1) is 0 Å². The van der Waals surface area contributed by atoms with Crippen molar-refractivity contribution in [2.24, 2.45) is 0 Å². The van der Waals surface area contributed by atoms with Gasteiger partial charge in [-0.1, -0.05) is 42.1 Å². The molecule has 0 saturated carbocycles. The molecule has 5 aromatic rings. The van der Waals surface area contributed by atoms with Crippen LogP contribution in [0.4, 0.5) is 5.69 Å². The van der Waals surface area contributed by atoms with Crippen molar-refractivity contribution in [3.63, 3.8) is 0 Å². The Bertz CT molecular complexity index is 1540. The van der Waals surface area contributed by atoms with Crippen LogP contribution in [0.3, 0.4) is 0 Å². The first-order valence-electron chi connectivity index (χ1n) is 9.99. The van der Waals surface area contributed by atoms with Crippen molar-refractivity contribution in [3.8, 4) is 5.75 Å². The van der Waals surface area contributed by atoms with E-state index < -0.39 is 5.25 Å². The van der Waals surface area contributed by atoms with E-state index in [-0.39, 0.29) is 11.5 Å². The highest BCUT2D eigenvalue weighted by Crippen LogP contribution is 2.36. The molecule has 3 aromatic carbocycles. The molecule has 32 heavy (non-hydrogen) atoms. The van der Waals surface area contributed by atoms with Crippen LogP contribution < -0.4 is 15.6 Å². The lowest BCUT2D eigenvalue weighted by Gasteiger charge is -2.14. The summed E-state index contributed by atoms with van der Waals surface area (Å²) in [5, 5.41) is 5.18. The fourth-order valence-electron chi connectivity index (χ4n) is 3.59. The molecule has 8 heteroatoms. The Morgan fingerprint density at radius 1 is 1.06 bits per heavy atom. The van der Waals surface area contributed by atoms with Gasteiger partial charge in [-0.25, -0.2) is 4.98 Å². The second-order valence-electron chi connectivity index (χ2n) is 7.28. The molecule has 160 valence electrons. The fraction of sp³-hybridized carbons (Fsp3) is 0.125. The molecule has 5 rings (SSSR count). The number of methoxy groups -OCH3 is 1. The van der Waals surface area contributed by atoms with Crippen LogP contribution in [-0.2, 0) is 4.79 Å². The average molecular weight is 446 g/mol. The quantitative estimate of drug-likeness (QED) is 0.293. The predicted molar refractivity (Wildman–Crippen MR) is 127 cm³/mol. The van der Waals surface area contributed by atoms with Gasteiger partial charge in [0.2, 0.25) is 5.91 Å². The number of carbonyl (C=O) groups excluding carboxylic acids is 1. The summed E-state index contributed by atoms with van der Waals surface area (Å²) in [5.41, 5.74) is 2.29. The molecule has 0 bridgehead atoms. The minimum atomic E-state index is -0.518. The summed E-state index contributed by atoms with van der Waals surface area (Å²) in [4.78, 5) is 32.4. The number of H-pyrrole nitrogens is 1. The van der Waals surface area contributed by atoms with E-state index in [1.807, 2.05) is 36.4 Å². The number of anilines is 1. The van der Waals surface area contributed by atoms with Gasteiger partial charge >= 0.3 is 0 Å². The van der Waals surface area contributed by atoms with Gasteiger partial charge in [-0.05, 0) is 31.2 Å². The Labute approximate surface area is 186 Å². The zero-order valence-electron chi connectivity index (χ0n) is 17.3. The van der Waals surface area contributed by atoms with Gasteiger partial charge in [0.05, 0.1) is 29.0 Å². The molecule has 0 spiro atoms. The Hall–Kier alpha value is -3.78. The van der Waals surface area contributed by atoms with Crippen molar-refractivity contribution in [1.29, 1.82) is 0 Å². The molecule has 0 aliphatic carbocycles. The number of furan rings is 1. The van der Waals surface area contributed by atoms with Crippen LogP contribution in [0.5, 0.6) is 5.75 Å². The Kier molecular flexibility index (Phi) is 5.07. The number of ether oxygens (including phenoxy) is 1. The number of nitrogens with one attached hydrogen (secondary N) is 2. The largest absolute Gasteiger partial charge is 0.495 e. The van der Waals surface area contributed by atoms with Crippen LogP contribution in [0.25, 0.3) is 32.8 Å². The van der Waals surface area contributed by atoms with Gasteiger partial charge < -0.3 is 19.5 Å². The Morgan fingerprint density at radius 3 is 2.62 bits per heavy atom. The lowest BCUT2D eigenvalue weighted by atomic mass is 10.1. The number of rotatable bonds is 5. The first kappa shape index (κ1) is 20.1. The van der Waals surface area contributed by atoms with Crippen LogP contribution >= 0.6 is 11.8 Å². The molecule has 2 heterocycles. The molecule has 0 radical (unpaired) electrons. The highest BCUT2D eigenvalue weighted by Gasteiger charge is 2.20. The van der Waals surface area contributed by atoms with E-state index >= 15 is 0 Å². The molecule has 7 nitrogen and oxygen atoms in total. The zero-order chi connectivity index (χ0) is 22.2. The SMILES string of the molecule is COc1cc2c(cc1NC(=O)C(C)Sc1nc3ccccc3c(=O)[nH]1)oc1ccccc12. The monoisotopic (exact) mass is 445 g/mol. The number of hydrogen-bond donors (Lipinski definition) is 2. The second kappa shape index (κ2) is 8.05.